The number of aryl methyl sites for hydroxylation is 1. The molecule has 24 heavy (non-hydrogen) atoms. The summed E-state index contributed by atoms with van der Waals surface area (Å²) in [5, 5.41) is 6.17. The summed E-state index contributed by atoms with van der Waals surface area (Å²) in [6.45, 7) is 3.75. The second-order valence-corrected chi connectivity index (χ2v) is 6.02. The van der Waals surface area contributed by atoms with E-state index >= 15 is 0 Å². The zero-order valence-corrected chi connectivity index (χ0v) is 14.7. The Bertz CT molecular complexity index is 653. The van der Waals surface area contributed by atoms with Gasteiger partial charge in [-0.25, -0.2) is 4.98 Å². The summed E-state index contributed by atoms with van der Waals surface area (Å²) in [4.78, 5) is 18.6. The molecule has 1 amide bonds. The van der Waals surface area contributed by atoms with Crippen LogP contribution in [0.1, 0.15) is 29.3 Å². The van der Waals surface area contributed by atoms with E-state index in [1.165, 1.54) is 5.56 Å². The van der Waals surface area contributed by atoms with Crippen LogP contribution in [0.3, 0.4) is 0 Å². The SMILES string of the molecule is CCc1ccc(Nc2cc(C(=O)NCCCN(C)C)ccn2)cc1. The number of rotatable bonds is 8. The summed E-state index contributed by atoms with van der Waals surface area (Å²) in [6.07, 6.45) is 3.60. The van der Waals surface area contributed by atoms with Gasteiger partial charge in [-0.3, -0.25) is 4.79 Å². The molecule has 0 aliphatic carbocycles. The van der Waals surface area contributed by atoms with Gasteiger partial charge >= 0.3 is 0 Å². The monoisotopic (exact) mass is 326 g/mol. The maximum Gasteiger partial charge on any atom is 0.251 e. The molecule has 1 heterocycles. The Labute approximate surface area is 144 Å². The predicted octanol–water partition coefficient (Wildman–Crippen LogP) is 3.07. The van der Waals surface area contributed by atoms with E-state index < -0.39 is 0 Å². The normalized spacial score (nSPS) is 10.7. The number of nitrogens with zero attached hydrogens (tertiary/aromatic N) is 2. The molecule has 1 aromatic carbocycles. The van der Waals surface area contributed by atoms with Crippen LogP contribution in [-0.4, -0.2) is 43.0 Å². The molecule has 2 rings (SSSR count). The molecule has 0 atom stereocenters. The lowest BCUT2D eigenvalue weighted by atomic mass is 10.1. The van der Waals surface area contributed by atoms with Crippen molar-refractivity contribution in [3.63, 3.8) is 0 Å². The van der Waals surface area contributed by atoms with Gasteiger partial charge in [-0.1, -0.05) is 19.1 Å². The molecule has 1 aromatic heterocycles. The van der Waals surface area contributed by atoms with Crippen molar-refractivity contribution in [2.24, 2.45) is 0 Å². The van der Waals surface area contributed by atoms with Crippen LogP contribution in [0.2, 0.25) is 0 Å². The summed E-state index contributed by atoms with van der Waals surface area (Å²) < 4.78 is 0. The minimum Gasteiger partial charge on any atom is -0.352 e. The Hall–Kier alpha value is -2.40. The minimum atomic E-state index is -0.0689. The molecule has 0 spiro atoms. The van der Waals surface area contributed by atoms with Gasteiger partial charge in [0.05, 0.1) is 0 Å². The van der Waals surface area contributed by atoms with Crippen LogP contribution in [0.5, 0.6) is 0 Å². The van der Waals surface area contributed by atoms with Crippen molar-refractivity contribution >= 4 is 17.4 Å². The van der Waals surface area contributed by atoms with Crippen molar-refractivity contribution in [1.29, 1.82) is 0 Å². The minimum absolute atomic E-state index is 0.0689. The van der Waals surface area contributed by atoms with Gasteiger partial charge in [-0.2, -0.15) is 0 Å². The first-order valence-electron chi connectivity index (χ1n) is 8.33. The van der Waals surface area contributed by atoms with Crippen molar-refractivity contribution < 1.29 is 4.79 Å². The van der Waals surface area contributed by atoms with E-state index in [0.29, 0.717) is 17.9 Å². The summed E-state index contributed by atoms with van der Waals surface area (Å²) in [5.74, 6) is 0.598. The lowest BCUT2D eigenvalue weighted by Crippen LogP contribution is -2.27. The van der Waals surface area contributed by atoms with Gasteiger partial charge < -0.3 is 15.5 Å². The highest BCUT2D eigenvalue weighted by molar-refractivity contribution is 5.94. The highest BCUT2D eigenvalue weighted by Crippen LogP contribution is 2.16. The second-order valence-electron chi connectivity index (χ2n) is 6.02. The third-order valence-corrected chi connectivity index (χ3v) is 3.72. The molecule has 0 saturated carbocycles. The van der Waals surface area contributed by atoms with Crippen LogP contribution < -0.4 is 10.6 Å². The topological polar surface area (TPSA) is 57.3 Å². The molecule has 0 bridgehead atoms. The molecule has 5 heteroatoms. The molecular weight excluding hydrogens is 300 g/mol. The molecule has 0 fully saturated rings. The molecule has 128 valence electrons. The highest BCUT2D eigenvalue weighted by Gasteiger charge is 2.06. The Morgan fingerprint density at radius 1 is 1.17 bits per heavy atom. The number of pyridine rings is 1. The van der Waals surface area contributed by atoms with Crippen LogP contribution in [0.25, 0.3) is 0 Å². The van der Waals surface area contributed by atoms with Crippen LogP contribution in [0.15, 0.2) is 42.6 Å². The van der Waals surface area contributed by atoms with Gasteiger partial charge in [-0.05, 0) is 63.3 Å². The number of aromatic nitrogens is 1. The van der Waals surface area contributed by atoms with Gasteiger partial charge in [0.2, 0.25) is 0 Å². The fraction of sp³-hybridized carbons (Fsp3) is 0.368. The Balaban J connectivity index is 1.93. The third-order valence-electron chi connectivity index (χ3n) is 3.72. The Kier molecular flexibility index (Phi) is 6.75. The molecule has 5 nitrogen and oxygen atoms in total. The first-order valence-corrected chi connectivity index (χ1v) is 8.33. The number of hydrogen-bond acceptors (Lipinski definition) is 4. The average molecular weight is 326 g/mol. The highest BCUT2D eigenvalue weighted by atomic mass is 16.1. The van der Waals surface area contributed by atoms with E-state index in [2.05, 4.69) is 39.6 Å². The molecule has 2 aromatic rings. The Morgan fingerprint density at radius 2 is 1.92 bits per heavy atom. The van der Waals surface area contributed by atoms with Crippen LogP contribution in [0.4, 0.5) is 11.5 Å². The lowest BCUT2D eigenvalue weighted by molar-refractivity contribution is 0.0952. The Morgan fingerprint density at radius 3 is 2.58 bits per heavy atom. The predicted molar refractivity (Wildman–Crippen MR) is 98.8 cm³/mol. The quantitative estimate of drug-likeness (QED) is 0.732. The largest absolute Gasteiger partial charge is 0.352 e. The van der Waals surface area contributed by atoms with E-state index in [-0.39, 0.29) is 5.91 Å². The van der Waals surface area contributed by atoms with Gasteiger partial charge in [0.25, 0.3) is 5.91 Å². The second kappa shape index (κ2) is 9.03. The van der Waals surface area contributed by atoms with Gasteiger partial charge in [-0.15, -0.1) is 0 Å². The first kappa shape index (κ1) is 17.9. The fourth-order valence-corrected chi connectivity index (χ4v) is 2.31. The van der Waals surface area contributed by atoms with Gasteiger partial charge in [0.15, 0.2) is 0 Å². The number of amides is 1. The van der Waals surface area contributed by atoms with Crippen LogP contribution >= 0.6 is 0 Å². The fourth-order valence-electron chi connectivity index (χ4n) is 2.31. The van der Waals surface area contributed by atoms with Crippen LogP contribution in [0, 0.1) is 0 Å². The first-order chi connectivity index (χ1) is 11.6. The molecule has 0 saturated heterocycles. The smallest absolute Gasteiger partial charge is 0.251 e. The maximum absolute atomic E-state index is 12.2. The van der Waals surface area contributed by atoms with E-state index in [9.17, 15) is 4.79 Å². The molecular formula is C19H26N4O. The maximum atomic E-state index is 12.2. The number of carbonyl (C=O) groups excluding carboxylic acids is 1. The number of carbonyl (C=O) groups is 1. The van der Waals surface area contributed by atoms with E-state index in [1.807, 2.05) is 26.2 Å². The average Bonchev–Trinajstić information content (AvgIpc) is 2.59. The van der Waals surface area contributed by atoms with Crippen LogP contribution in [-0.2, 0) is 6.42 Å². The zero-order chi connectivity index (χ0) is 17.4. The molecule has 0 radical (unpaired) electrons. The zero-order valence-electron chi connectivity index (χ0n) is 14.7. The van der Waals surface area contributed by atoms with E-state index in [4.69, 9.17) is 0 Å². The van der Waals surface area contributed by atoms with Gasteiger partial charge in [0.1, 0.15) is 5.82 Å². The van der Waals surface area contributed by atoms with Crippen molar-refractivity contribution in [2.75, 3.05) is 32.5 Å². The van der Waals surface area contributed by atoms with Crippen molar-refractivity contribution in [1.82, 2.24) is 15.2 Å². The summed E-state index contributed by atoms with van der Waals surface area (Å²) in [7, 11) is 4.05. The molecule has 0 aliphatic heterocycles. The van der Waals surface area contributed by atoms with Crippen molar-refractivity contribution in [3.8, 4) is 0 Å². The third kappa shape index (κ3) is 5.66. The number of benzene rings is 1. The number of hydrogen-bond donors (Lipinski definition) is 2. The number of anilines is 2. The molecule has 0 unspecified atom stereocenters. The standard InChI is InChI=1S/C19H26N4O/c1-4-15-6-8-17(9-7-15)22-18-14-16(10-12-20-18)19(24)21-11-5-13-23(2)3/h6-10,12,14H,4-5,11,13H2,1-3H3,(H,20,22)(H,21,24). The lowest BCUT2D eigenvalue weighted by Gasteiger charge is -2.11. The summed E-state index contributed by atoms with van der Waals surface area (Å²) >= 11 is 0. The molecule has 0 aliphatic rings. The van der Waals surface area contributed by atoms with Crippen molar-refractivity contribution in [3.05, 3.63) is 53.7 Å². The molecule has 2 N–H and O–H groups in total. The number of nitrogens with one attached hydrogen (secondary N) is 2. The van der Waals surface area contributed by atoms with Crippen molar-refractivity contribution in [2.45, 2.75) is 19.8 Å². The summed E-state index contributed by atoms with van der Waals surface area (Å²) in [6, 6.07) is 11.7. The summed E-state index contributed by atoms with van der Waals surface area (Å²) in [5.41, 5.74) is 2.87. The van der Waals surface area contributed by atoms with E-state index in [1.54, 1.807) is 18.3 Å². The van der Waals surface area contributed by atoms with E-state index in [0.717, 1.165) is 25.1 Å². The van der Waals surface area contributed by atoms with Gasteiger partial charge in [0, 0.05) is 24.0 Å².